The van der Waals surface area contributed by atoms with Crippen molar-refractivity contribution in [2.24, 2.45) is 5.92 Å². The summed E-state index contributed by atoms with van der Waals surface area (Å²) in [5.74, 6) is -2.18. The maximum absolute atomic E-state index is 12.6. The minimum atomic E-state index is -0.790. The lowest BCUT2D eigenvalue weighted by Crippen LogP contribution is -2.47. The fraction of sp³-hybridized carbons (Fsp3) is 0.381. The Morgan fingerprint density at radius 2 is 1.79 bits per heavy atom. The van der Waals surface area contributed by atoms with Gasteiger partial charge in [-0.3, -0.25) is 9.59 Å². The van der Waals surface area contributed by atoms with Gasteiger partial charge >= 0.3 is 11.9 Å². The zero-order chi connectivity index (χ0) is 20.5. The van der Waals surface area contributed by atoms with Gasteiger partial charge in [0.15, 0.2) is 0 Å². The van der Waals surface area contributed by atoms with E-state index in [-0.39, 0.29) is 19.1 Å². The molecule has 1 aromatic carbocycles. The van der Waals surface area contributed by atoms with Crippen LogP contribution in [0.2, 0.25) is 0 Å². The molecule has 1 amide bonds. The number of carbonyl (C=O) groups is 3. The van der Waals surface area contributed by atoms with Crippen molar-refractivity contribution < 1.29 is 28.6 Å². The van der Waals surface area contributed by atoms with Gasteiger partial charge < -0.3 is 19.5 Å². The highest BCUT2D eigenvalue weighted by Crippen LogP contribution is 2.30. The normalized spacial score (nSPS) is 23.9. The van der Waals surface area contributed by atoms with Gasteiger partial charge in [-0.05, 0) is 32.1 Å². The van der Waals surface area contributed by atoms with Crippen molar-refractivity contribution in [3.05, 3.63) is 60.7 Å². The Morgan fingerprint density at radius 3 is 2.39 bits per heavy atom. The van der Waals surface area contributed by atoms with E-state index in [1.54, 1.807) is 44.2 Å². The first kappa shape index (κ1) is 21.4. The van der Waals surface area contributed by atoms with Gasteiger partial charge in [0.05, 0.1) is 31.5 Å². The Kier molecular flexibility index (Phi) is 7.95. The van der Waals surface area contributed by atoms with Gasteiger partial charge in [0.25, 0.3) is 5.91 Å². The molecule has 0 radical (unpaired) electrons. The molecule has 0 spiro atoms. The van der Waals surface area contributed by atoms with Crippen molar-refractivity contribution in [3.8, 4) is 0 Å². The average Bonchev–Trinajstić information content (AvgIpc) is 3.05. The van der Waals surface area contributed by atoms with E-state index in [4.69, 9.17) is 14.2 Å². The van der Waals surface area contributed by atoms with Crippen molar-refractivity contribution in [2.45, 2.75) is 32.1 Å². The van der Waals surface area contributed by atoms with Gasteiger partial charge in [-0.25, -0.2) is 4.79 Å². The average molecular weight is 387 g/mol. The van der Waals surface area contributed by atoms with Gasteiger partial charge in [0.1, 0.15) is 5.92 Å². The number of esters is 2. The van der Waals surface area contributed by atoms with Crippen molar-refractivity contribution in [3.63, 3.8) is 0 Å². The predicted molar refractivity (Wildman–Crippen MR) is 102 cm³/mol. The van der Waals surface area contributed by atoms with Crippen molar-refractivity contribution in [2.75, 3.05) is 13.2 Å². The number of ether oxygens (including phenoxy) is 3. The molecular formula is C21H25NO6. The smallest absolute Gasteiger partial charge is 0.330 e. The van der Waals surface area contributed by atoms with Crippen molar-refractivity contribution >= 4 is 17.8 Å². The highest BCUT2D eigenvalue weighted by Gasteiger charge is 2.48. The third-order valence-electron chi connectivity index (χ3n) is 4.24. The van der Waals surface area contributed by atoms with E-state index < -0.39 is 36.1 Å². The number of rotatable bonds is 8. The molecule has 7 heteroatoms. The lowest BCUT2D eigenvalue weighted by atomic mass is 9.92. The summed E-state index contributed by atoms with van der Waals surface area (Å²) in [6, 6.07) is 7.88. The number of hydrogen-bond acceptors (Lipinski definition) is 6. The summed E-state index contributed by atoms with van der Waals surface area (Å²) in [7, 11) is 0. The molecule has 0 unspecified atom stereocenters. The Balaban J connectivity index is 2.28. The first-order chi connectivity index (χ1) is 13.5. The minimum absolute atomic E-state index is 0.196. The number of nitrogens with one attached hydrogen (secondary N) is 1. The molecule has 0 aromatic heterocycles. The van der Waals surface area contributed by atoms with E-state index in [1.807, 2.05) is 0 Å². The summed E-state index contributed by atoms with van der Waals surface area (Å²) in [6.07, 6.45) is 2.79. The monoisotopic (exact) mass is 387 g/mol. The largest absolute Gasteiger partial charge is 0.466 e. The molecule has 7 nitrogen and oxygen atoms in total. The quantitative estimate of drug-likeness (QED) is 0.417. The molecule has 0 aliphatic carbocycles. The molecule has 1 saturated heterocycles. The molecule has 4 atom stereocenters. The summed E-state index contributed by atoms with van der Waals surface area (Å²) in [5, 5.41) is 2.84. The molecule has 1 fully saturated rings. The van der Waals surface area contributed by atoms with Crippen LogP contribution < -0.4 is 5.32 Å². The molecule has 1 aliphatic heterocycles. The Labute approximate surface area is 164 Å². The Bertz CT molecular complexity index is 730. The molecule has 1 aliphatic rings. The highest BCUT2D eigenvalue weighted by molar-refractivity contribution is 5.95. The van der Waals surface area contributed by atoms with E-state index in [2.05, 4.69) is 11.9 Å². The lowest BCUT2D eigenvalue weighted by molar-refractivity contribution is -0.149. The zero-order valence-electron chi connectivity index (χ0n) is 16.0. The molecule has 1 N–H and O–H groups in total. The predicted octanol–water partition coefficient (Wildman–Crippen LogP) is 2.04. The molecule has 0 saturated carbocycles. The van der Waals surface area contributed by atoms with Crippen LogP contribution in [0, 0.1) is 5.92 Å². The number of carbonyl (C=O) groups excluding carboxylic acids is 3. The van der Waals surface area contributed by atoms with E-state index >= 15 is 0 Å². The van der Waals surface area contributed by atoms with Gasteiger partial charge in [0.2, 0.25) is 0 Å². The SMILES string of the molecule is C=C[C@H]1O[C@@H](/C=C/C(=O)OCC)[C@H](NC(=O)c2ccccc2)[C@H]1C(=O)OCC. The molecule has 2 rings (SSSR count). The maximum atomic E-state index is 12.6. The second-order valence-electron chi connectivity index (χ2n) is 6.06. The lowest BCUT2D eigenvalue weighted by Gasteiger charge is -2.22. The van der Waals surface area contributed by atoms with Crippen LogP contribution in [0.25, 0.3) is 0 Å². The van der Waals surface area contributed by atoms with Crippen LogP contribution in [0.3, 0.4) is 0 Å². The summed E-state index contributed by atoms with van der Waals surface area (Å²) in [6.45, 7) is 7.54. The number of amides is 1. The van der Waals surface area contributed by atoms with Crippen LogP contribution in [0.1, 0.15) is 24.2 Å². The third-order valence-corrected chi connectivity index (χ3v) is 4.24. The minimum Gasteiger partial charge on any atom is -0.466 e. The second-order valence-corrected chi connectivity index (χ2v) is 6.06. The summed E-state index contributed by atoms with van der Waals surface area (Å²) in [4.78, 5) is 36.8. The highest BCUT2D eigenvalue weighted by atomic mass is 16.5. The van der Waals surface area contributed by atoms with E-state index in [0.717, 1.165) is 0 Å². The fourth-order valence-electron chi connectivity index (χ4n) is 3.01. The van der Waals surface area contributed by atoms with Crippen LogP contribution in [0.15, 0.2) is 55.1 Å². The van der Waals surface area contributed by atoms with E-state index in [1.165, 1.54) is 18.2 Å². The second kappa shape index (κ2) is 10.4. The van der Waals surface area contributed by atoms with Gasteiger partial charge in [-0.2, -0.15) is 0 Å². The van der Waals surface area contributed by atoms with Crippen LogP contribution in [0.5, 0.6) is 0 Å². The molecule has 1 heterocycles. The Hall–Kier alpha value is -2.93. The van der Waals surface area contributed by atoms with Gasteiger partial charge in [0, 0.05) is 11.6 Å². The molecule has 150 valence electrons. The molecule has 0 bridgehead atoms. The first-order valence-corrected chi connectivity index (χ1v) is 9.17. The van der Waals surface area contributed by atoms with Gasteiger partial charge in [-0.15, -0.1) is 6.58 Å². The van der Waals surface area contributed by atoms with Crippen LogP contribution in [-0.4, -0.2) is 49.3 Å². The number of hydrogen-bond donors (Lipinski definition) is 1. The first-order valence-electron chi connectivity index (χ1n) is 9.17. The number of benzene rings is 1. The molecular weight excluding hydrogens is 362 g/mol. The van der Waals surface area contributed by atoms with E-state index in [9.17, 15) is 14.4 Å². The van der Waals surface area contributed by atoms with Crippen molar-refractivity contribution in [1.82, 2.24) is 5.32 Å². The molecule has 28 heavy (non-hydrogen) atoms. The van der Waals surface area contributed by atoms with Crippen LogP contribution >= 0.6 is 0 Å². The maximum Gasteiger partial charge on any atom is 0.330 e. The zero-order valence-corrected chi connectivity index (χ0v) is 16.0. The Morgan fingerprint density at radius 1 is 1.11 bits per heavy atom. The third kappa shape index (κ3) is 5.29. The van der Waals surface area contributed by atoms with Gasteiger partial charge in [-0.1, -0.05) is 24.3 Å². The summed E-state index contributed by atoms with van der Waals surface area (Å²) < 4.78 is 15.9. The fourth-order valence-corrected chi connectivity index (χ4v) is 3.01. The van der Waals surface area contributed by atoms with Crippen LogP contribution in [-0.2, 0) is 23.8 Å². The topological polar surface area (TPSA) is 90.9 Å². The van der Waals surface area contributed by atoms with Crippen LogP contribution in [0.4, 0.5) is 0 Å². The van der Waals surface area contributed by atoms with E-state index in [0.29, 0.717) is 5.56 Å². The standard InChI is InChI=1S/C21H25NO6/c1-4-15-18(21(25)27-6-3)19(16(28-15)12-13-17(23)26-5-2)22-20(24)14-10-8-7-9-11-14/h4,7-13,15-16,18-19H,1,5-6H2,2-3H3,(H,22,24)/b13-12+/t15-,16+,18+,19+/m1/s1. The van der Waals surface area contributed by atoms with Crippen molar-refractivity contribution in [1.29, 1.82) is 0 Å². The summed E-state index contributed by atoms with van der Waals surface area (Å²) in [5.41, 5.74) is 0.445. The summed E-state index contributed by atoms with van der Waals surface area (Å²) >= 11 is 0. The molecule has 1 aromatic rings.